The van der Waals surface area contributed by atoms with Crippen molar-refractivity contribution in [3.63, 3.8) is 0 Å². The van der Waals surface area contributed by atoms with Crippen molar-refractivity contribution in [1.82, 2.24) is 10.6 Å². The summed E-state index contributed by atoms with van der Waals surface area (Å²) < 4.78 is 0. The predicted octanol–water partition coefficient (Wildman–Crippen LogP) is 1.41. The third-order valence-corrected chi connectivity index (χ3v) is 5.36. The van der Waals surface area contributed by atoms with Gasteiger partial charge >= 0.3 is 0 Å². The zero-order chi connectivity index (χ0) is 9.28. The molecule has 0 aromatic heterocycles. The molecular formula is C12H20N2. The van der Waals surface area contributed by atoms with Crippen molar-refractivity contribution in [3.05, 3.63) is 0 Å². The molecule has 2 N–H and O–H groups in total. The second-order valence-electron chi connectivity index (χ2n) is 6.44. The van der Waals surface area contributed by atoms with E-state index in [0.29, 0.717) is 16.5 Å². The average Bonchev–Trinajstić information content (AvgIpc) is 2.81. The maximum Gasteiger partial charge on any atom is 0.0205 e. The number of hydrogen-bond acceptors (Lipinski definition) is 2. The van der Waals surface area contributed by atoms with Gasteiger partial charge in [-0.2, -0.15) is 0 Å². The first kappa shape index (κ1) is 8.12. The van der Waals surface area contributed by atoms with Crippen molar-refractivity contribution in [3.8, 4) is 0 Å². The number of hydrogen-bond donors (Lipinski definition) is 2. The fourth-order valence-corrected chi connectivity index (χ4v) is 4.10. The van der Waals surface area contributed by atoms with Gasteiger partial charge in [0.1, 0.15) is 0 Å². The molecule has 2 saturated heterocycles. The van der Waals surface area contributed by atoms with E-state index in [1.54, 1.807) is 0 Å². The molecule has 0 radical (unpaired) electrons. The Labute approximate surface area is 85.8 Å². The SMILES string of the molecule is C1CC2(CC3(CCC4(CC4)NC3)C2)N1. The molecule has 3 spiro atoms. The van der Waals surface area contributed by atoms with Crippen LogP contribution in [0.15, 0.2) is 0 Å². The molecule has 2 aliphatic heterocycles. The Morgan fingerprint density at radius 2 is 1.43 bits per heavy atom. The van der Waals surface area contributed by atoms with Crippen LogP contribution in [0.4, 0.5) is 0 Å². The zero-order valence-corrected chi connectivity index (χ0v) is 8.86. The van der Waals surface area contributed by atoms with Crippen LogP contribution < -0.4 is 10.6 Å². The Hall–Kier alpha value is -0.0800. The lowest BCUT2D eigenvalue weighted by atomic mass is 9.51. The Bertz CT molecular complexity index is 256. The van der Waals surface area contributed by atoms with Gasteiger partial charge in [0.05, 0.1) is 0 Å². The molecule has 0 bridgehead atoms. The Balaban J connectivity index is 1.43. The lowest BCUT2D eigenvalue weighted by Crippen LogP contribution is -2.71. The maximum atomic E-state index is 3.82. The van der Waals surface area contributed by atoms with Crippen LogP contribution in [-0.4, -0.2) is 24.2 Å². The predicted molar refractivity (Wildman–Crippen MR) is 56.2 cm³/mol. The molecule has 2 aliphatic carbocycles. The first-order chi connectivity index (χ1) is 6.74. The van der Waals surface area contributed by atoms with Crippen molar-refractivity contribution in [2.45, 2.75) is 56.0 Å². The largest absolute Gasteiger partial charge is 0.311 e. The molecule has 0 atom stereocenters. The van der Waals surface area contributed by atoms with E-state index in [4.69, 9.17) is 0 Å². The van der Waals surface area contributed by atoms with Gasteiger partial charge in [-0.25, -0.2) is 0 Å². The number of rotatable bonds is 0. The first-order valence-corrected chi connectivity index (χ1v) is 6.24. The van der Waals surface area contributed by atoms with E-state index in [1.807, 2.05) is 0 Å². The first-order valence-electron chi connectivity index (χ1n) is 6.24. The molecule has 2 heterocycles. The monoisotopic (exact) mass is 192 g/mol. The fourth-order valence-electron chi connectivity index (χ4n) is 4.10. The number of piperidine rings is 1. The Morgan fingerprint density at radius 3 is 1.86 bits per heavy atom. The lowest BCUT2D eigenvalue weighted by Gasteiger charge is -2.63. The second-order valence-corrected chi connectivity index (χ2v) is 6.44. The molecule has 0 aromatic rings. The molecule has 4 rings (SSSR count). The molecule has 14 heavy (non-hydrogen) atoms. The fraction of sp³-hybridized carbons (Fsp3) is 1.00. The molecule has 0 unspecified atom stereocenters. The van der Waals surface area contributed by atoms with Gasteiger partial charge in [-0.3, -0.25) is 0 Å². The molecule has 78 valence electrons. The highest BCUT2D eigenvalue weighted by Crippen LogP contribution is 2.59. The van der Waals surface area contributed by atoms with E-state index in [0.717, 1.165) is 0 Å². The summed E-state index contributed by atoms with van der Waals surface area (Å²) in [6.07, 6.45) is 10.2. The standard InChI is InChI=1S/C12H20N2/c1-2-11(3-4-11)14-9-10(1)7-12(8-10)5-6-13-12/h13-14H,1-9H2. The molecule has 0 aromatic carbocycles. The molecule has 2 nitrogen and oxygen atoms in total. The summed E-state index contributed by atoms with van der Waals surface area (Å²) in [6, 6.07) is 0. The van der Waals surface area contributed by atoms with Gasteiger partial charge in [0, 0.05) is 17.6 Å². The highest BCUT2D eigenvalue weighted by molar-refractivity contribution is 5.18. The van der Waals surface area contributed by atoms with Crippen LogP contribution in [0.2, 0.25) is 0 Å². The van der Waals surface area contributed by atoms with E-state index in [9.17, 15) is 0 Å². The molecule has 2 heteroatoms. The normalized spacial score (nSPS) is 39.4. The molecule has 2 saturated carbocycles. The van der Waals surface area contributed by atoms with Crippen LogP contribution in [0.5, 0.6) is 0 Å². The number of nitrogens with one attached hydrogen (secondary N) is 2. The van der Waals surface area contributed by atoms with Crippen molar-refractivity contribution >= 4 is 0 Å². The minimum atomic E-state index is 0.621. The van der Waals surface area contributed by atoms with Gasteiger partial charge in [-0.15, -0.1) is 0 Å². The second kappa shape index (κ2) is 2.19. The summed E-state index contributed by atoms with van der Waals surface area (Å²) in [5, 5.41) is 7.46. The smallest absolute Gasteiger partial charge is 0.0205 e. The van der Waals surface area contributed by atoms with Crippen LogP contribution >= 0.6 is 0 Å². The van der Waals surface area contributed by atoms with Gasteiger partial charge < -0.3 is 10.6 Å². The van der Waals surface area contributed by atoms with Crippen LogP contribution in [0, 0.1) is 5.41 Å². The van der Waals surface area contributed by atoms with Crippen LogP contribution in [0.1, 0.15) is 44.9 Å². The molecular weight excluding hydrogens is 172 g/mol. The Kier molecular flexibility index (Phi) is 1.27. The van der Waals surface area contributed by atoms with Crippen molar-refractivity contribution in [2.75, 3.05) is 13.1 Å². The topological polar surface area (TPSA) is 24.1 Å². The summed E-state index contributed by atoms with van der Waals surface area (Å²) in [5.74, 6) is 0. The van der Waals surface area contributed by atoms with E-state index < -0.39 is 0 Å². The zero-order valence-electron chi connectivity index (χ0n) is 8.86. The lowest BCUT2D eigenvalue weighted by molar-refractivity contribution is -0.0638. The van der Waals surface area contributed by atoms with Gasteiger partial charge in [-0.1, -0.05) is 0 Å². The molecule has 4 fully saturated rings. The molecule has 0 amide bonds. The van der Waals surface area contributed by atoms with Gasteiger partial charge in [0.15, 0.2) is 0 Å². The highest BCUT2D eigenvalue weighted by Gasteiger charge is 2.60. The molecule has 4 aliphatic rings. The summed E-state index contributed by atoms with van der Waals surface area (Å²) >= 11 is 0. The van der Waals surface area contributed by atoms with Crippen LogP contribution in [0.25, 0.3) is 0 Å². The summed E-state index contributed by atoms with van der Waals surface area (Å²) in [6.45, 7) is 2.59. The maximum absolute atomic E-state index is 3.82. The third-order valence-electron chi connectivity index (χ3n) is 5.36. The summed E-state index contributed by atoms with van der Waals surface area (Å²) in [5.41, 5.74) is 1.97. The van der Waals surface area contributed by atoms with Crippen molar-refractivity contribution in [2.24, 2.45) is 5.41 Å². The van der Waals surface area contributed by atoms with Gasteiger partial charge in [0.25, 0.3) is 0 Å². The van der Waals surface area contributed by atoms with Gasteiger partial charge in [0.2, 0.25) is 0 Å². The highest BCUT2D eigenvalue weighted by atomic mass is 15.1. The van der Waals surface area contributed by atoms with E-state index in [1.165, 1.54) is 58.0 Å². The van der Waals surface area contributed by atoms with Crippen LogP contribution in [0.3, 0.4) is 0 Å². The Morgan fingerprint density at radius 1 is 0.714 bits per heavy atom. The average molecular weight is 192 g/mol. The minimum absolute atomic E-state index is 0.621. The van der Waals surface area contributed by atoms with E-state index in [2.05, 4.69) is 10.6 Å². The third kappa shape index (κ3) is 0.938. The van der Waals surface area contributed by atoms with E-state index in [-0.39, 0.29) is 0 Å². The summed E-state index contributed by atoms with van der Waals surface area (Å²) in [4.78, 5) is 0. The minimum Gasteiger partial charge on any atom is -0.311 e. The van der Waals surface area contributed by atoms with E-state index >= 15 is 0 Å². The van der Waals surface area contributed by atoms with Crippen LogP contribution in [-0.2, 0) is 0 Å². The van der Waals surface area contributed by atoms with Crippen molar-refractivity contribution < 1.29 is 0 Å². The summed E-state index contributed by atoms with van der Waals surface area (Å²) in [7, 11) is 0. The van der Waals surface area contributed by atoms with Gasteiger partial charge in [-0.05, 0) is 56.9 Å². The van der Waals surface area contributed by atoms with Crippen molar-refractivity contribution in [1.29, 1.82) is 0 Å². The quantitative estimate of drug-likeness (QED) is 0.606.